The third kappa shape index (κ3) is 5.53. The number of carbonyl (C=O) groups is 2. The molecule has 0 atom stereocenters. The summed E-state index contributed by atoms with van der Waals surface area (Å²) in [5.41, 5.74) is 0. The van der Waals surface area contributed by atoms with Gasteiger partial charge in [0.25, 0.3) is 5.91 Å². The zero-order chi connectivity index (χ0) is 16.1. The van der Waals surface area contributed by atoms with E-state index < -0.39 is 0 Å². The Kier molecular flexibility index (Phi) is 7.12. The molecule has 0 unspecified atom stereocenters. The number of furan rings is 1. The maximum absolute atomic E-state index is 12.2. The molecule has 1 aliphatic carbocycles. The third-order valence-corrected chi connectivity index (χ3v) is 4.61. The molecular formula is C17H26ClN3O3. The minimum Gasteiger partial charge on any atom is -0.459 e. The molecule has 2 fully saturated rings. The number of hydrogen-bond acceptors (Lipinski definition) is 4. The smallest absolute Gasteiger partial charge is 0.286 e. The molecule has 1 aromatic heterocycles. The molecule has 2 amide bonds. The first-order valence-electron chi connectivity index (χ1n) is 8.55. The third-order valence-electron chi connectivity index (χ3n) is 4.61. The van der Waals surface area contributed by atoms with Crippen LogP contribution in [-0.2, 0) is 4.79 Å². The van der Waals surface area contributed by atoms with E-state index in [4.69, 9.17) is 4.42 Å². The predicted molar refractivity (Wildman–Crippen MR) is 93.2 cm³/mol. The number of amides is 2. The van der Waals surface area contributed by atoms with Crippen LogP contribution in [0, 0.1) is 5.92 Å². The number of likely N-dealkylation sites (tertiary alicyclic amines) is 1. The zero-order valence-corrected chi connectivity index (χ0v) is 14.6. The first-order valence-corrected chi connectivity index (χ1v) is 8.55. The first-order chi connectivity index (χ1) is 11.2. The van der Waals surface area contributed by atoms with Crippen LogP contribution in [0.15, 0.2) is 22.8 Å². The van der Waals surface area contributed by atoms with E-state index in [-0.39, 0.29) is 30.0 Å². The Morgan fingerprint density at radius 2 is 1.96 bits per heavy atom. The molecule has 3 rings (SSSR count). The molecule has 0 aromatic carbocycles. The molecule has 1 saturated carbocycles. The summed E-state index contributed by atoms with van der Waals surface area (Å²) in [6.45, 7) is 3.11. The van der Waals surface area contributed by atoms with E-state index in [0.29, 0.717) is 19.0 Å². The summed E-state index contributed by atoms with van der Waals surface area (Å²) in [5, 5.41) is 6.32. The van der Waals surface area contributed by atoms with E-state index in [0.717, 1.165) is 38.4 Å². The van der Waals surface area contributed by atoms with Crippen molar-refractivity contribution in [1.29, 1.82) is 0 Å². The summed E-state index contributed by atoms with van der Waals surface area (Å²) >= 11 is 0. The molecule has 24 heavy (non-hydrogen) atoms. The molecule has 0 radical (unpaired) electrons. The fourth-order valence-electron chi connectivity index (χ4n) is 2.92. The summed E-state index contributed by atoms with van der Waals surface area (Å²) in [5.74, 6) is 1.02. The Bertz CT molecular complexity index is 523. The van der Waals surface area contributed by atoms with Gasteiger partial charge in [-0.15, -0.1) is 12.4 Å². The summed E-state index contributed by atoms with van der Waals surface area (Å²) in [6, 6.07) is 3.83. The number of halogens is 1. The standard InChI is InChI=1S/C17H25N3O3.ClH/c21-16(5-8-18-17(22)15-2-1-11-23-15)20-9-6-14(7-10-20)19-12-13-3-4-13;/h1-2,11,13-14,19H,3-10,12H2,(H,18,22);1H. The van der Waals surface area contributed by atoms with Crippen LogP contribution in [0.3, 0.4) is 0 Å². The van der Waals surface area contributed by atoms with E-state index >= 15 is 0 Å². The van der Waals surface area contributed by atoms with Crippen molar-refractivity contribution in [2.24, 2.45) is 5.92 Å². The molecule has 2 N–H and O–H groups in total. The molecule has 134 valence electrons. The van der Waals surface area contributed by atoms with Gasteiger partial charge >= 0.3 is 0 Å². The van der Waals surface area contributed by atoms with Crippen LogP contribution in [0.4, 0.5) is 0 Å². The molecule has 2 heterocycles. The van der Waals surface area contributed by atoms with Gasteiger partial charge in [-0.05, 0) is 50.3 Å². The summed E-state index contributed by atoms with van der Waals surface area (Å²) in [4.78, 5) is 25.8. The monoisotopic (exact) mass is 355 g/mol. The van der Waals surface area contributed by atoms with Crippen molar-refractivity contribution in [3.8, 4) is 0 Å². The highest BCUT2D eigenvalue weighted by atomic mass is 35.5. The molecule has 0 spiro atoms. The normalized spacial score (nSPS) is 18.1. The van der Waals surface area contributed by atoms with Gasteiger partial charge in [0.2, 0.25) is 5.91 Å². The van der Waals surface area contributed by atoms with Crippen LogP contribution in [-0.4, -0.2) is 48.9 Å². The highest BCUT2D eigenvalue weighted by Gasteiger charge is 2.25. The second kappa shape index (κ2) is 9.08. The number of rotatable bonds is 7. The molecule has 1 saturated heterocycles. The molecule has 6 nitrogen and oxygen atoms in total. The fraction of sp³-hybridized carbons (Fsp3) is 0.647. The number of piperidine rings is 1. The van der Waals surface area contributed by atoms with Gasteiger partial charge in [0.1, 0.15) is 0 Å². The van der Waals surface area contributed by atoms with Crippen molar-refractivity contribution < 1.29 is 14.0 Å². The van der Waals surface area contributed by atoms with Crippen molar-refractivity contribution in [3.05, 3.63) is 24.2 Å². The highest BCUT2D eigenvalue weighted by molar-refractivity contribution is 5.91. The van der Waals surface area contributed by atoms with Crippen molar-refractivity contribution in [1.82, 2.24) is 15.5 Å². The van der Waals surface area contributed by atoms with Gasteiger partial charge < -0.3 is 20.0 Å². The minimum absolute atomic E-state index is 0. The lowest BCUT2D eigenvalue weighted by molar-refractivity contribution is -0.132. The van der Waals surface area contributed by atoms with Crippen molar-refractivity contribution in [3.63, 3.8) is 0 Å². The SMILES string of the molecule is Cl.O=C(NCCC(=O)N1CCC(NCC2CC2)CC1)c1ccco1. The van der Waals surface area contributed by atoms with Gasteiger partial charge in [0.15, 0.2) is 5.76 Å². The van der Waals surface area contributed by atoms with Gasteiger partial charge in [0, 0.05) is 32.1 Å². The predicted octanol–water partition coefficient (Wildman–Crippen LogP) is 1.81. The Balaban J connectivity index is 0.00000208. The largest absolute Gasteiger partial charge is 0.459 e. The van der Waals surface area contributed by atoms with Crippen molar-refractivity contribution >= 4 is 24.2 Å². The summed E-state index contributed by atoms with van der Waals surface area (Å²) in [7, 11) is 0. The first kappa shape index (κ1) is 18.8. The second-order valence-corrected chi connectivity index (χ2v) is 6.49. The second-order valence-electron chi connectivity index (χ2n) is 6.49. The Hall–Kier alpha value is -1.53. The van der Waals surface area contributed by atoms with Crippen molar-refractivity contribution in [2.75, 3.05) is 26.2 Å². The number of carbonyl (C=O) groups excluding carboxylic acids is 2. The lowest BCUT2D eigenvalue weighted by Gasteiger charge is -2.32. The lowest BCUT2D eigenvalue weighted by atomic mass is 10.0. The molecule has 1 aliphatic heterocycles. The minimum atomic E-state index is -0.272. The molecule has 7 heteroatoms. The summed E-state index contributed by atoms with van der Waals surface area (Å²) in [6.07, 6.45) is 6.59. The van der Waals surface area contributed by atoms with E-state index in [1.165, 1.54) is 19.1 Å². The molecule has 0 bridgehead atoms. The quantitative estimate of drug-likeness (QED) is 0.782. The summed E-state index contributed by atoms with van der Waals surface area (Å²) < 4.78 is 5.01. The van der Waals surface area contributed by atoms with E-state index in [2.05, 4.69) is 10.6 Å². The molecule has 2 aliphatic rings. The van der Waals surface area contributed by atoms with Crippen LogP contribution in [0.25, 0.3) is 0 Å². The van der Waals surface area contributed by atoms with Gasteiger partial charge in [-0.1, -0.05) is 0 Å². The maximum atomic E-state index is 12.2. The lowest BCUT2D eigenvalue weighted by Crippen LogP contribution is -2.46. The van der Waals surface area contributed by atoms with Crippen molar-refractivity contribution in [2.45, 2.75) is 38.1 Å². The number of hydrogen-bond donors (Lipinski definition) is 2. The van der Waals surface area contributed by atoms with Gasteiger partial charge in [0.05, 0.1) is 6.26 Å². The topological polar surface area (TPSA) is 74.6 Å². The fourth-order valence-corrected chi connectivity index (χ4v) is 2.92. The Labute approximate surface area is 148 Å². The van der Waals surface area contributed by atoms with E-state index in [1.807, 2.05) is 4.90 Å². The van der Waals surface area contributed by atoms with E-state index in [1.54, 1.807) is 12.1 Å². The van der Waals surface area contributed by atoms with Crippen LogP contribution < -0.4 is 10.6 Å². The van der Waals surface area contributed by atoms with Gasteiger partial charge in [-0.3, -0.25) is 9.59 Å². The van der Waals surface area contributed by atoms with Crippen LogP contribution in [0.5, 0.6) is 0 Å². The van der Waals surface area contributed by atoms with Crippen LogP contribution in [0.1, 0.15) is 42.7 Å². The number of nitrogens with one attached hydrogen (secondary N) is 2. The molecule has 1 aromatic rings. The number of nitrogens with zero attached hydrogens (tertiary/aromatic N) is 1. The van der Waals surface area contributed by atoms with E-state index in [9.17, 15) is 9.59 Å². The van der Waals surface area contributed by atoms with Gasteiger partial charge in [-0.2, -0.15) is 0 Å². The Morgan fingerprint density at radius 1 is 1.21 bits per heavy atom. The molecular weight excluding hydrogens is 330 g/mol. The highest BCUT2D eigenvalue weighted by Crippen LogP contribution is 2.28. The van der Waals surface area contributed by atoms with Crippen LogP contribution in [0.2, 0.25) is 0 Å². The average molecular weight is 356 g/mol. The van der Waals surface area contributed by atoms with Crippen LogP contribution >= 0.6 is 12.4 Å². The van der Waals surface area contributed by atoms with Gasteiger partial charge in [-0.25, -0.2) is 0 Å². The maximum Gasteiger partial charge on any atom is 0.286 e. The Morgan fingerprint density at radius 3 is 2.58 bits per heavy atom. The zero-order valence-electron chi connectivity index (χ0n) is 13.8. The average Bonchev–Trinajstić information content (AvgIpc) is 3.24.